The van der Waals surface area contributed by atoms with Crippen molar-refractivity contribution in [3.8, 4) is 0 Å². The number of amides is 1. The number of fused-ring (bicyclic) bond motifs is 1. The van der Waals surface area contributed by atoms with Gasteiger partial charge >= 0.3 is 0 Å². The number of nitrogens with zero attached hydrogens (tertiary/aromatic N) is 3. The largest absolute Gasteiger partial charge is 0.336 e. The Morgan fingerprint density at radius 2 is 2.15 bits per heavy atom. The van der Waals surface area contributed by atoms with E-state index in [2.05, 4.69) is 14.5 Å². The zero-order valence-electron chi connectivity index (χ0n) is 15.5. The number of H-pyrrole nitrogens is 1. The molecule has 140 valence electrons. The van der Waals surface area contributed by atoms with Gasteiger partial charge in [-0.1, -0.05) is 18.2 Å². The third-order valence-corrected chi connectivity index (χ3v) is 5.50. The topological polar surface area (TPSA) is 71.0 Å². The average molecular weight is 364 g/mol. The van der Waals surface area contributed by atoms with Crippen molar-refractivity contribution in [2.24, 2.45) is 0 Å². The molecular weight excluding hydrogens is 340 g/mol. The molecule has 2 aromatic heterocycles. The minimum absolute atomic E-state index is 0.0376. The van der Waals surface area contributed by atoms with Crippen molar-refractivity contribution in [3.05, 3.63) is 64.5 Å². The number of likely N-dealkylation sites (tertiary alicyclic amines) is 1. The first-order valence-corrected chi connectivity index (χ1v) is 9.54. The molecule has 1 unspecified atom stereocenters. The number of para-hydroxylation sites is 1. The Morgan fingerprint density at radius 1 is 1.30 bits per heavy atom. The zero-order valence-corrected chi connectivity index (χ0v) is 15.5. The molecule has 6 nitrogen and oxygen atoms in total. The minimum Gasteiger partial charge on any atom is -0.336 e. The molecule has 1 fully saturated rings. The predicted octanol–water partition coefficient (Wildman–Crippen LogP) is 3.12. The van der Waals surface area contributed by atoms with Gasteiger partial charge < -0.3 is 14.5 Å². The van der Waals surface area contributed by atoms with Crippen LogP contribution in [0.5, 0.6) is 0 Å². The first kappa shape index (κ1) is 17.5. The van der Waals surface area contributed by atoms with Crippen molar-refractivity contribution in [3.63, 3.8) is 0 Å². The Balaban J connectivity index is 1.61. The lowest BCUT2D eigenvalue weighted by atomic mass is 9.97. The van der Waals surface area contributed by atoms with E-state index < -0.39 is 0 Å². The minimum atomic E-state index is -0.236. The van der Waals surface area contributed by atoms with Crippen LogP contribution in [0.3, 0.4) is 0 Å². The van der Waals surface area contributed by atoms with Crippen LogP contribution in [0, 0.1) is 6.92 Å². The molecule has 3 heterocycles. The van der Waals surface area contributed by atoms with Crippen LogP contribution < -0.4 is 5.56 Å². The Bertz CT molecular complexity index is 1020. The number of benzene rings is 1. The van der Waals surface area contributed by atoms with Gasteiger partial charge in [0.25, 0.3) is 5.91 Å². The molecule has 0 radical (unpaired) electrons. The van der Waals surface area contributed by atoms with E-state index in [9.17, 15) is 9.59 Å². The first-order valence-electron chi connectivity index (χ1n) is 9.54. The van der Waals surface area contributed by atoms with E-state index in [1.54, 1.807) is 0 Å². The molecule has 6 heteroatoms. The SMILES string of the molecule is Cc1nccn1CCC1CCCCN1C(=O)c1cc(=O)[nH]c2ccccc12. The molecular formula is C21H24N4O2. The number of rotatable bonds is 4. The highest BCUT2D eigenvalue weighted by Crippen LogP contribution is 2.25. The Labute approximate surface area is 157 Å². The third kappa shape index (κ3) is 3.52. The molecule has 0 bridgehead atoms. The number of aromatic amines is 1. The van der Waals surface area contributed by atoms with Gasteiger partial charge in [0.05, 0.1) is 5.56 Å². The summed E-state index contributed by atoms with van der Waals surface area (Å²) in [7, 11) is 0. The van der Waals surface area contributed by atoms with Crippen LogP contribution in [0.2, 0.25) is 0 Å². The first-order chi connectivity index (χ1) is 13.1. The summed E-state index contributed by atoms with van der Waals surface area (Å²) >= 11 is 0. The number of imidazole rings is 1. The number of aryl methyl sites for hydroxylation is 2. The zero-order chi connectivity index (χ0) is 18.8. The molecule has 1 aromatic carbocycles. The maximum Gasteiger partial charge on any atom is 0.254 e. The summed E-state index contributed by atoms with van der Waals surface area (Å²) in [5.41, 5.74) is 0.968. The summed E-state index contributed by atoms with van der Waals surface area (Å²) in [6, 6.07) is 9.12. The standard InChI is InChI=1S/C21H24N4O2/c1-15-22-10-13-24(15)12-9-16-6-4-5-11-25(16)21(27)18-14-20(26)23-19-8-3-2-7-17(18)19/h2-3,7-8,10,13-14,16H,4-6,9,11-12H2,1H3,(H,23,26). The normalized spacial score (nSPS) is 17.4. The van der Waals surface area contributed by atoms with E-state index in [1.165, 1.54) is 6.07 Å². The van der Waals surface area contributed by atoms with Crippen LogP contribution in [-0.4, -0.2) is 37.9 Å². The van der Waals surface area contributed by atoms with Gasteiger partial charge in [0.2, 0.25) is 5.56 Å². The van der Waals surface area contributed by atoms with E-state index in [1.807, 2.05) is 48.5 Å². The molecule has 4 rings (SSSR count). The van der Waals surface area contributed by atoms with Gasteiger partial charge in [-0.3, -0.25) is 9.59 Å². The van der Waals surface area contributed by atoms with Crippen LogP contribution >= 0.6 is 0 Å². The van der Waals surface area contributed by atoms with Crippen LogP contribution in [-0.2, 0) is 6.54 Å². The van der Waals surface area contributed by atoms with Crippen LogP contribution in [0.25, 0.3) is 10.9 Å². The fourth-order valence-corrected chi connectivity index (χ4v) is 4.03. The smallest absolute Gasteiger partial charge is 0.254 e. The van der Waals surface area contributed by atoms with Gasteiger partial charge in [-0.15, -0.1) is 0 Å². The van der Waals surface area contributed by atoms with Crippen molar-refractivity contribution in [2.45, 2.75) is 45.2 Å². The van der Waals surface area contributed by atoms with Gasteiger partial charge in [-0.2, -0.15) is 0 Å². The van der Waals surface area contributed by atoms with Crippen molar-refractivity contribution in [1.29, 1.82) is 0 Å². The second kappa shape index (κ2) is 7.39. The number of piperidine rings is 1. The van der Waals surface area contributed by atoms with Gasteiger partial charge in [-0.25, -0.2) is 4.98 Å². The highest BCUT2D eigenvalue weighted by molar-refractivity contribution is 6.06. The Morgan fingerprint density at radius 3 is 2.96 bits per heavy atom. The van der Waals surface area contributed by atoms with Crippen LogP contribution in [0.4, 0.5) is 0 Å². The number of nitrogens with one attached hydrogen (secondary N) is 1. The predicted molar refractivity (Wildman–Crippen MR) is 105 cm³/mol. The van der Waals surface area contributed by atoms with E-state index in [0.29, 0.717) is 11.1 Å². The summed E-state index contributed by atoms with van der Waals surface area (Å²) in [5, 5.41) is 0.803. The monoisotopic (exact) mass is 364 g/mol. The maximum absolute atomic E-state index is 13.4. The number of hydrogen-bond donors (Lipinski definition) is 1. The molecule has 0 spiro atoms. The second-order valence-electron chi connectivity index (χ2n) is 7.20. The van der Waals surface area contributed by atoms with Gasteiger partial charge in [0.15, 0.2) is 0 Å². The third-order valence-electron chi connectivity index (χ3n) is 5.50. The summed E-state index contributed by atoms with van der Waals surface area (Å²) in [6.45, 7) is 3.58. The van der Waals surface area contributed by atoms with Crippen molar-refractivity contribution in [2.75, 3.05) is 6.54 Å². The molecule has 1 amide bonds. The van der Waals surface area contributed by atoms with Crippen LogP contribution in [0.1, 0.15) is 41.9 Å². The van der Waals surface area contributed by atoms with Gasteiger partial charge in [-0.05, 0) is 38.7 Å². The van der Waals surface area contributed by atoms with Crippen molar-refractivity contribution >= 4 is 16.8 Å². The number of carbonyl (C=O) groups is 1. The molecule has 1 aliphatic heterocycles. The highest BCUT2D eigenvalue weighted by atomic mass is 16.2. The Kier molecular flexibility index (Phi) is 4.79. The molecule has 1 atom stereocenters. The fourth-order valence-electron chi connectivity index (χ4n) is 4.03. The average Bonchev–Trinajstić information content (AvgIpc) is 3.10. The maximum atomic E-state index is 13.4. The summed E-state index contributed by atoms with van der Waals surface area (Å²) in [6.07, 6.45) is 7.82. The number of pyridine rings is 1. The lowest BCUT2D eigenvalue weighted by Crippen LogP contribution is -2.44. The molecule has 27 heavy (non-hydrogen) atoms. The molecule has 1 aliphatic rings. The molecule has 0 aliphatic carbocycles. The summed E-state index contributed by atoms with van der Waals surface area (Å²) in [4.78, 5) is 34.5. The molecule has 1 N–H and O–H groups in total. The Hall–Kier alpha value is -2.89. The molecule has 3 aromatic rings. The summed E-state index contributed by atoms with van der Waals surface area (Å²) < 4.78 is 2.12. The number of hydrogen-bond acceptors (Lipinski definition) is 3. The summed E-state index contributed by atoms with van der Waals surface area (Å²) in [5.74, 6) is 0.952. The molecule has 1 saturated heterocycles. The van der Waals surface area contributed by atoms with Crippen molar-refractivity contribution in [1.82, 2.24) is 19.4 Å². The van der Waals surface area contributed by atoms with Crippen LogP contribution in [0.15, 0.2) is 47.5 Å². The van der Waals surface area contributed by atoms with Gasteiger partial charge in [0, 0.05) is 48.5 Å². The molecule has 0 saturated carbocycles. The quantitative estimate of drug-likeness (QED) is 0.773. The van der Waals surface area contributed by atoms with E-state index in [4.69, 9.17) is 0 Å². The van der Waals surface area contributed by atoms with Crippen molar-refractivity contribution < 1.29 is 4.79 Å². The second-order valence-corrected chi connectivity index (χ2v) is 7.20. The van der Waals surface area contributed by atoms with Gasteiger partial charge in [0.1, 0.15) is 5.82 Å². The fraction of sp³-hybridized carbons (Fsp3) is 0.381. The highest BCUT2D eigenvalue weighted by Gasteiger charge is 2.28. The van der Waals surface area contributed by atoms with E-state index in [0.717, 1.165) is 50.0 Å². The lowest BCUT2D eigenvalue weighted by Gasteiger charge is -2.36. The number of carbonyl (C=O) groups excluding carboxylic acids is 1. The number of aromatic nitrogens is 3. The lowest BCUT2D eigenvalue weighted by molar-refractivity contribution is 0.0597. The van der Waals surface area contributed by atoms with E-state index in [-0.39, 0.29) is 17.5 Å². The van der Waals surface area contributed by atoms with E-state index >= 15 is 0 Å².